The van der Waals surface area contributed by atoms with E-state index >= 15 is 0 Å². The first-order chi connectivity index (χ1) is 15.5. The van der Waals surface area contributed by atoms with E-state index in [2.05, 4.69) is 39.4 Å². The van der Waals surface area contributed by atoms with Crippen LogP contribution in [-0.2, 0) is 11.2 Å². The zero-order valence-corrected chi connectivity index (χ0v) is 18.1. The van der Waals surface area contributed by atoms with Gasteiger partial charge in [-0.25, -0.2) is 9.89 Å². The summed E-state index contributed by atoms with van der Waals surface area (Å²) >= 11 is 0. The van der Waals surface area contributed by atoms with Crippen molar-refractivity contribution in [2.75, 3.05) is 26.2 Å². The Hall–Kier alpha value is -3.68. The third-order valence-electron chi connectivity index (χ3n) is 5.74. The molecule has 1 atom stereocenters. The molecular formula is C24H27N5O3. The summed E-state index contributed by atoms with van der Waals surface area (Å²) in [6, 6.07) is 18.3. The Morgan fingerprint density at radius 2 is 1.84 bits per heavy atom. The topological polar surface area (TPSA) is 102 Å². The molecule has 2 heterocycles. The van der Waals surface area contributed by atoms with Crippen molar-refractivity contribution in [1.82, 2.24) is 25.0 Å². The number of hydrogen-bond donors (Lipinski definition) is 2. The molecule has 0 radical (unpaired) electrons. The highest BCUT2D eigenvalue weighted by atomic mass is 16.2. The van der Waals surface area contributed by atoms with Crippen molar-refractivity contribution in [3.63, 3.8) is 0 Å². The van der Waals surface area contributed by atoms with Crippen LogP contribution in [0.25, 0.3) is 11.1 Å². The number of amides is 2. The highest BCUT2D eigenvalue weighted by Gasteiger charge is 2.33. The predicted octanol–water partition coefficient (Wildman–Crippen LogP) is 2.32. The van der Waals surface area contributed by atoms with Gasteiger partial charge in [0.25, 0.3) is 5.91 Å². The summed E-state index contributed by atoms with van der Waals surface area (Å²) in [4.78, 5) is 43.5. The second-order valence-corrected chi connectivity index (χ2v) is 8.07. The maximum absolute atomic E-state index is 13.3. The van der Waals surface area contributed by atoms with Gasteiger partial charge in [-0.1, -0.05) is 61.5 Å². The van der Waals surface area contributed by atoms with Gasteiger partial charge < -0.3 is 9.80 Å². The molecule has 3 aromatic rings. The Kier molecular flexibility index (Phi) is 6.49. The second-order valence-electron chi connectivity index (χ2n) is 8.07. The van der Waals surface area contributed by atoms with Gasteiger partial charge in [0, 0.05) is 26.2 Å². The van der Waals surface area contributed by atoms with E-state index in [0.29, 0.717) is 26.1 Å². The average Bonchev–Trinajstić information content (AvgIpc) is 3.20. The lowest BCUT2D eigenvalue weighted by atomic mass is 9.94. The van der Waals surface area contributed by atoms with Crippen molar-refractivity contribution in [2.45, 2.75) is 19.8 Å². The Morgan fingerprint density at radius 1 is 1.06 bits per heavy atom. The molecule has 166 valence electrons. The van der Waals surface area contributed by atoms with Crippen LogP contribution in [0.2, 0.25) is 0 Å². The highest BCUT2D eigenvalue weighted by Crippen LogP contribution is 2.23. The molecule has 1 saturated heterocycles. The number of rotatable bonds is 6. The van der Waals surface area contributed by atoms with Gasteiger partial charge in [-0.2, -0.15) is 0 Å². The van der Waals surface area contributed by atoms with E-state index in [1.165, 1.54) is 0 Å². The molecule has 0 saturated carbocycles. The number of benzene rings is 2. The van der Waals surface area contributed by atoms with Crippen LogP contribution < -0.4 is 5.69 Å². The zero-order chi connectivity index (χ0) is 22.5. The molecule has 0 aliphatic carbocycles. The normalized spacial score (nSPS) is 16.8. The van der Waals surface area contributed by atoms with Gasteiger partial charge >= 0.3 is 5.69 Å². The number of carbonyl (C=O) groups excluding carboxylic acids is 2. The standard InChI is InChI=1S/C24H27N5O3/c1-2-11-28-12-13-29(23(31)21-25-24(32)27-26-21)16-20(22(28)30)15-17-7-6-10-19(14-17)18-8-4-3-5-9-18/h3-10,14,20H,2,11-13,15-16H2,1H3,(H2,25,26,27,32). The van der Waals surface area contributed by atoms with E-state index in [4.69, 9.17) is 0 Å². The fraction of sp³-hybridized carbons (Fsp3) is 0.333. The molecule has 2 N–H and O–H groups in total. The van der Waals surface area contributed by atoms with E-state index < -0.39 is 5.69 Å². The monoisotopic (exact) mass is 433 g/mol. The Morgan fingerprint density at radius 3 is 2.56 bits per heavy atom. The maximum atomic E-state index is 13.3. The summed E-state index contributed by atoms with van der Waals surface area (Å²) in [5.74, 6) is -0.721. The lowest BCUT2D eigenvalue weighted by molar-refractivity contribution is -0.134. The molecule has 32 heavy (non-hydrogen) atoms. The average molecular weight is 434 g/mol. The first kappa shape index (κ1) is 21.5. The molecule has 4 rings (SSSR count). The molecule has 1 unspecified atom stereocenters. The summed E-state index contributed by atoms with van der Waals surface area (Å²) in [7, 11) is 0. The molecular weight excluding hydrogens is 406 g/mol. The van der Waals surface area contributed by atoms with Gasteiger partial charge in [-0.15, -0.1) is 5.10 Å². The lowest BCUT2D eigenvalue weighted by Crippen LogP contribution is -2.38. The third kappa shape index (κ3) is 4.80. The van der Waals surface area contributed by atoms with Crippen LogP contribution >= 0.6 is 0 Å². The third-order valence-corrected chi connectivity index (χ3v) is 5.74. The quantitative estimate of drug-likeness (QED) is 0.623. The summed E-state index contributed by atoms with van der Waals surface area (Å²) in [6.45, 7) is 3.84. The molecule has 1 aliphatic heterocycles. The molecule has 2 amide bonds. The van der Waals surface area contributed by atoms with Crippen molar-refractivity contribution < 1.29 is 9.59 Å². The molecule has 8 nitrogen and oxygen atoms in total. The molecule has 0 bridgehead atoms. The fourth-order valence-corrected chi connectivity index (χ4v) is 4.19. The minimum absolute atomic E-state index is 0.0313. The summed E-state index contributed by atoms with van der Waals surface area (Å²) < 4.78 is 0. The minimum Gasteiger partial charge on any atom is -0.341 e. The number of aromatic amines is 2. The van der Waals surface area contributed by atoms with E-state index in [0.717, 1.165) is 23.1 Å². The fourth-order valence-electron chi connectivity index (χ4n) is 4.19. The first-order valence-corrected chi connectivity index (χ1v) is 10.9. The molecule has 8 heteroatoms. The second kappa shape index (κ2) is 9.64. The van der Waals surface area contributed by atoms with E-state index in [1.54, 1.807) is 4.90 Å². The van der Waals surface area contributed by atoms with Gasteiger partial charge in [-0.05, 0) is 29.5 Å². The van der Waals surface area contributed by atoms with Crippen LogP contribution in [-0.4, -0.2) is 63.0 Å². The van der Waals surface area contributed by atoms with Gasteiger partial charge in [0.15, 0.2) is 0 Å². The van der Waals surface area contributed by atoms with Crippen LogP contribution in [0.15, 0.2) is 59.4 Å². The number of hydrogen-bond acceptors (Lipinski definition) is 4. The van der Waals surface area contributed by atoms with Crippen molar-refractivity contribution in [2.24, 2.45) is 5.92 Å². The van der Waals surface area contributed by atoms with Crippen molar-refractivity contribution >= 4 is 11.8 Å². The van der Waals surface area contributed by atoms with Crippen molar-refractivity contribution in [3.05, 3.63) is 76.5 Å². The maximum Gasteiger partial charge on any atom is 0.341 e. The smallest absolute Gasteiger partial charge is 0.341 e. The Bertz CT molecular complexity index is 1140. The highest BCUT2D eigenvalue weighted by molar-refractivity contribution is 5.91. The van der Waals surface area contributed by atoms with Crippen LogP contribution in [0.4, 0.5) is 0 Å². The van der Waals surface area contributed by atoms with Crippen LogP contribution in [0.5, 0.6) is 0 Å². The molecule has 1 aliphatic rings. The molecule has 0 spiro atoms. The predicted molar refractivity (Wildman–Crippen MR) is 121 cm³/mol. The van der Waals surface area contributed by atoms with Crippen molar-refractivity contribution in [3.8, 4) is 11.1 Å². The molecule has 1 aromatic heterocycles. The largest absolute Gasteiger partial charge is 0.341 e. The van der Waals surface area contributed by atoms with Crippen LogP contribution in [0, 0.1) is 5.92 Å². The zero-order valence-electron chi connectivity index (χ0n) is 18.1. The number of nitrogens with one attached hydrogen (secondary N) is 2. The molecule has 2 aromatic carbocycles. The summed E-state index contributed by atoms with van der Waals surface area (Å²) in [5, 5.41) is 6.00. The van der Waals surface area contributed by atoms with Crippen molar-refractivity contribution in [1.29, 1.82) is 0 Å². The SMILES string of the molecule is CCCN1CCN(C(=O)c2n[nH]c(=O)[nH]2)CC(Cc2cccc(-c3ccccc3)c2)C1=O. The molecule has 1 fully saturated rings. The number of nitrogens with zero attached hydrogens (tertiary/aromatic N) is 3. The lowest BCUT2D eigenvalue weighted by Gasteiger charge is -2.23. The number of H-pyrrole nitrogens is 2. The Balaban J connectivity index is 1.58. The number of carbonyl (C=O) groups is 2. The van der Waals surface area contributed by atoms with E-state index in [1.807, 2.05) is 42.2 Å². The van der Waals surface area contributed by atoms with E-state index in [-0.39, 0.29) is 30.1 Å². The summed E-state index contributed by atoms with van der Waals surface area (Å²) in [6.07, 6.45) is 1.38. The van der Waals surface area contributed by atoms with Crippen LogP contribution in [0.3, 0.4) is 0 Å². The van der Waals surface area contributed by atoms with Gasteiger partial charge in [0.2, 0.25) is 11.7 Å². The van der Waals surface area contributed by atoms with Gasteiger partial charge in [0.05, 0.1) is 5.92 Å². The minimum atomic E-state index is -0.527. The van der Waals surface area contributed by atoms with Crippen LogP contribution in [0.1, 0.15) is 29.5 Å². The van der Waals surface area contributed by atoms with Gasteiger partial charge in [0.1, 0.15) is 0 Å². The number of aromatic nitrogens is 3. The van der Waals surface area contributed by atoms with Gasteiger partial charge in [-0.3, -0.25) is 14.6 Å². The Labute approximate surface area is 186 Å². The summed E-state index contributed by atoms with van der Waals surface area (Å²) in [5.41, 5.74) is 2.73. The first-order valence-electron chi connectivity index (χ1n) is 10.9. The van der Waals surface area contributed by atoms with E-state index in [9.17, 15) is 14.4 Å².